The summed E-state index contributed by atoms with van der Waals surface area (Å²) in [6.45, 7) is 4.51. The molecule has 2 aromatic rings. The van der Waals surface area contributed by atoms with Crippen molar-refractivity contribution in [2.75, 3.05) is 44.9 Å². The highest BCUT2D eigenvalue weighted by Gasteiger charge is 2.15. The van der Waals surface area contributed by atoms with Crippen LogP contribution in [0.3, 0.4) is 0 Å². The van der Waals surface area contributed by atoms with Gasteiger partial charge in [-0.2, -0.15) is 4.98 Å². The number of hydrogen-bond donors (Lipinski definition) is 1. The quantitative estimate of drug-likeness (QED) is 0.660. The minimum absolute atomic E-state index is 0.0575. The average molecular weight is 386 g/mol. The van der Waals surface area contributed by atoms with Gasteiger partial charge in [-0.05, 0) is 44.0 Å². The lowest BCUT2D eigenvalue weighted by Crippen LogP contribution is -2.32. The van der Waals surface area contributed by atoms with Crippen molar-refractivity contribution >= 4 is 11.7 Å². The zero-order chi connectivity index (χ0) is 19.8. The number of aromatic nitrogens is 2. The molecule has 0 spiro atoms. The van der Waals surface area contributed by atoms with Crippen molar-refractivity contribution in [1.82, 2.24) is 15.3 Å². The van der Waals surface area contributed by atoms with Crippen LogP contribution in [0.5, 0.6) is 17.4 Å². The van der Waals surface area contributed by atoms with Crippen LogP contribution in [0, 0.1) is 6.92 Å². The number of aryl methyl sites for hydroxylation is 1. The summed E-state index contributed by atoms with van der Waals surface area (Å²) in [6.07, 6.45) is 2.37. The van der Waals surface area contributed by atoms with E-state index in [-0.39, 0.29) is 12.5 Å². The lowest BCUT2D eigenvalue weighted by molar-refractivity contribution is -0.123. The number of amides is 1. The van der Waals surface area contributed by atoms with Gasteiger partial charge in [0, 0.05) is 19.2 Å². The fourth-order valence-corrected chi connectivity index (χ4v) is 2.93. The number of ether oxygens (including phenoxy) is 3. The Hall–Kier alpha value is -3.03. The van der Waals surface area contributed by atoms with Gasteiger partial charge in [0.1, 0.15) is 29.7 Å². The van der Waals surface area contributed by atoms with Crippen LogP contribution in [0.15, 0.2) is 30.3 Å². The van der Waals surface area contributed by atoms with Gasteiger partial charge in [0.05, 0.1) is 13.7 Å². The second-order valence-corrected chi connectivity index (χ2v) is 6.47. The van der Waals surface area contributed by atoms with Crippen molar-refractivity contribution in [2.24, 2.45) is 0 Å². The highest BCUT2D eigenvalue weighted by atomic mass is 16.5. The maximum atomic E-state index is 11.9. The standard InChI is InChI=1S/C20H26N4O4/c1-15-22-18(24-10-3-4-11-24)13-20(23-15)27-12-9-21-19(25)14-28-17-7-5-16(26-2)6-8-17/h5-8,13H,3-4,9-12,14H2,1-2H3,(H,21,25). The van der Waals surface area contributed by atoms with E-state index < -0.39 is 0 Å². The Morgan fingerprint density at radius 2 is 1.82 bits per heavy atom. The molecule has 0 aliphatic carbocycles. The van der Waals surface area contributed by atoms with Crippen molar-refractivity contribution in [3.8, 4) is 17.4 Å². The van der Waals surface area contributed by atoms with E-state index in [9.17, 15) is 4.79 Å². The van der Waals surface area contributed by atoms with Gasteiger partial charge in [0.15, 0.2) is 6.61 Å². The van der Waals surface area contributed by atoms with Crippen LogP contribution in [-0.4, -0.2) is 55.8 Å². The maximum Gasteiger partial charge on any atom is 0.258 e. The summed E-state index contributed by atoms with van der Waals surface area (Å²) in [6, 6.07) is 8.92. The van der Waals surface area contributed by atoms with E-state index in [0.29, 0.717) is 30.6 Å². The average Bonchev–Trinajstić information content (AvgIpc) is 3.25. The fourth-order valence-electron chi connectivity index (χ4n) is 2.93. The SMILES string of the molecule is COc1ccc(OCC(=O)NCCOc2cc(N3CCCC3)nc(C)n2)cc1. The van der Waals surface area contributed by atoms with E-state index in [1.165, 1.54) is 12.8 Å². The predicted octanol–water partition coefficient (Wildman–Crippen LogP) is 1.97. The molecule has 1 amide bonds. The molecule has 28 heavy (non-hydrogen) atoms. The van der Waals surface area contributed by atoms with Gasteiger partial charge >= 0.3 is 0 Å². The number of nitrogens with one attached hydrogen (secondary N) is 1. The van der Waals surface area contributed by atoms with Gasteiger partial charge in [-0.15, -0.1) is 0 Å². The highest BCUT2D eigenvalue weighted by Crippen LogP contribution is 2.21. The Morgan fingerprint density at radius 1 is 1.11 bits per heavy atom. The number of methoxy groups -OCH3 is 1. The summed E-state index contributed by atoms with van der Waals surface area (Å²) in [5, 5.41) is 2.76. The third-order valence-electron chi connectivity index (χ3n) is 4.33. The van der Waals surface area contributed by atoms with Crippen LogP contribution in [0.25, 0.3) is 0 Å². The van der Waals surface area contributed by atoms with Crippen molar-refractivity contribution in [1.29, 1.82) is 0 Å². The molecule has 1 aliphatic heterocycles. The molecule has 3 rings (SSSR count). The van der Waals surface area contributed by atoms with E-state index in [1.54, 1.807) is 31.4 Å². The first-order valence-corrected chi connectivity index (χ1v) is 9.41. The van der Waals surface area contributed by atoms with Crippen LogP contribution in [-0.2, 0) is 4.79 Å². The van der Waals surface area contributed by atoms with E-state index >= 15 is 0 Å². The Kier molecular flexibility index (Phi) is 6.89. The topological polar surface area (TPSA) is 85.8 Å². The summed E-state index contributed by atoms with van der Waals surface area (Å²) < 4.78 is 16.2. The minimum atomic E-state index is -0.212. The van der Waals surface area contributed by atoms with Crippen molar-refractivity contribution in [3.05, 3.63) is 36.2 Å². The monoisotopic (exact) mass is 386 g/mol. The normalized spacial score (nSPS) is 13.3. The van der Waals surface area contributed by atoms with E-state index in [1.807, 2.05) is 13.0 Å². The number of benzene rings is 1. The number of carbonyl (C=O) groups excluding carboxylic acids is 1. The van der Waals surface area contributed by atoms with E-state index in [0.717, 1.165) is 24.7 Å². The molecule has 2 heterocycles. The van der Waals surface area contributed by atoms with Crippen molar-refractivity contribution in [3.63, 3.8) is 0 Å². The summed E-state index contributed by atoms with van der Waals surface area (Å²) in [4.78, 5) is 22.9. The molecule has 8 heteroatoms. The molecule has 1 aromatic carbocycles. The molecule has 1 aromatic heterocycles. The molecule has 8 nitrogen and oxygen atoms in total. The molecule has 0 unspecified atom stereocenters. The van der Waals surface area contributed by atoms with Gasteiger partial charge in [-0.25, -0.2) is 4.98 Å². The van der Waals surface area contributed by atoms with Gasteiger partial charge in [-0.1, -0.05) is 0 Å². The third-order valence-corrected chi connectivity index (χ3v) is 4.33. The lowest BCUT2D eigenvalue weighted by atomic mass is 10.3. The van der Waals surface area contributed by atoms with Gasteiger partial charge in [0.25, 0.3) is 5.91 Å². The number of carbonyl (C=O) groups is 1. The highest BCUT2D eigenvalue weighted by molar-refractivity contribution is 5.77. The molecular weight excluding hydrogens is 360 g/mol. The Morgan fingerprint density at radius 3 is 2.54 bits per heavy atom. The van der Waals surface area contributed by atoms with Crippen LogP contribution in [0.4, 0.5) is 5.82 Å². The first-order chi connectivity index (χ1) is 13.6. The summed E-state index contributed by atoms with van der Waals surface area (Å²) in [7, 11) is 1.60. The molecule has 1 N–H and O–H groups in total. The van der Waals surface area contributed by atoms with Crippen LogP contribution < -0.4 is 24.4 Å². The molecule has 1 saturated heterocycles. The van der Waals surface area contributed by atoms with Crippen LogP contribution in [0.2, 0.25) is 0 Å². The molecule has 1 aliphatic rings. The lowest BCUT2D eigenvalue weighted by Gasteiger charge is -2.17. The first-order valence-electron chi connectivity index (χ1n) is 9.41. The minimum Gasteiger partial charge on any atom is -0.497 e. The third kappa shape index (κ3) is 5.73. The largest absolute Gasteiger partial charge is 0.497 e. The molecule has 1 fully saturated rings. The van der Waals surface area contributed by atoms with Crippen LogP contribution >= 0.6 is 0 Å². The molecule has 0 bridgehead atoms. The summed E-state index contributed by atoms with van der Waals surface area (Å²) in [5.74, 6) is 3.24. The number of nitrogens with zero attached hydrogens (tertiary/aromatic N) is 3. The number of anilines is 1. The second kappa shape index (κ2) is 9.77. The van der Waals surface area contributed by atoms with Gasteiger partial charge in [-0.3, -0.25) is 4.79 Å². The van der Waals surface area contributed by atoms with Crippen molar-refractivity contribution in [2.45, 2.75) is 19.8 Å². The van der Waals surface area contributed by atoms with Crippen LogP contribution in [0.1, 0.15) is 18.7 Å². The van der Waals surface area contributed by atoms with Gasteiger partial charge in [0.2, 0.25) is 5.88 Å². The number of hydrogen-bond acceptors (Lipinski definition) is 7. The van der Waals surface area contributed by atoms with E-state index in [2.05, 4.69) is 20.2 Å². The zero-order valence-corrected chi connectivity index (χ0v) is 16.3. The molecule has 0 radical (unpaired) electrons. The fraction of sp³-hybridized carbons (Fsp3) is 0.450. The Balaban J connectivity index is 1.38. The molecule has 0 saturated carbocycles. The molecule has 0 atom stereocenters. The number of rotatable bonds is 9. The molecular formula is C20H26N4O4. The smallest absolute Gasteiger partial charge is 0.258 e. The van der Waals surface area contributed by atoms with E-state index in [4.69, 9.17) is 14.2 Å². The maximum absolute atomic E-state index is 11.9. The van der Waals surface area contributed by atoms with Gasteiger partial charge < -0.3 is 24.4 Å². The second-order valence-electron chi connectivity index (χ2n) is 6.47. The molecule has 150 valence electrons. The summed E-state index contributed by atoms with van der Waals surface area (Å²) >= 11 is 0. The zero-order valence-electron chi connectivity index (χ0n) is 16.3. The Bertz CT molecular complexity index is 776. The predicted molar refractivity (Wildman–Crippen MR) is 105 cm³/mol. The van der Waals surface area contributed by atoms with Crippen molar-refractivity contribution < 1.29 is 19.0 Å². The first kappa shape index (κ1) is 19.7. The Labute approximate surface area is 164 Å². The summed E-state index contributed by atoms with van der Waals surface area (Å²) in [5.41, 5.74) is 0.